The van der Waals surface area contributed by atoms with Crippen LogP contribution in [-0.2, 0) is 24.8 Å². The van der Waals surface area contributed by atoms with E-state index in [4.69, 9.17) is 0 Å². The van der Waals surface area contributed by atoms with Gasteiger partial charge in [-0.3, -0.25) is 4.79 Å². The van der Waals surface area contributed by atoms with Crippen molar-refractivity contribution in [2.45, 2.75) is 36.8 Å². The van der Waals surface area contributed by atoms with Crippen molar-refractivity contribution in [3.8, 4) is 0 Å². The van der Waals surface area contributed by atoms with Crippen LogP contribution in [0.15, 0.2) is 15.7 Å². The quantitative estimate of drug-likeness (QED) is 0.640. The van der Waals surface area contributed by atoms with E-state index in [2.05, 4.69) is 0 Å². The number of piperidine rings is 1. The number of sulfonamides is 2. The maximum atomic E-state index is 13.3. The van der Waals surface area contributed by atoms with Gasteiger partial charge in [-0.2, -0.15) is 4.31 Å². The second-order valence-corrected chi connectivity index (χ2v) is 14.7. The van der Waals surface area contributed by atoms with Gasteiger partial charge in [-0.1, -0.05) is 0 Å². The molecule has 0 radical (unpaired) electrons. The van der Waals surface area contributed by atoms with E-state index in [1.165, 1.54) is 21.9 Å². The molecule has 1 aromatic heterocycles. The fraction of sp³-hybridized carbons (Fsp3) is 0.750. The van der Waals surface area contributed by atoms with Gasteiger partial charge >= 0.3 is 0 Å². The Bertz CT molecular complexity index is 1090. The lowest BCUT2D eigenvalue weighted by molar-refractivity contribution is -0.141. The van der Waals surface area contributed by atoms with Crippen LogP contribution in [0.5, 0.6) is 0 Å². The highest BCUT2D eigenvalue weighted by molar-refractivity contribution is 7.91. The topological polar surface area (TPSA) is 95.1 Å². The van der Waals surface area contributed by atoms with Crippen LogP contribution in [0, 0.1) is 23.7 Å². The number of carbonyl (C=O) groups excluding carboxylic acids is 1. The van der Waals surface area contributed by atoms with Crippen LogP contribution in [0.25, 0.3) is 0 Å². The van der Waals surface area contributed by atoms with Gasteiger partial charge in [0.2, 0.25) is 15.9 Å². The zero-order chi connectivity index (χ0) is 22.8. The number of amides is 1. The second kappa shape index (κ2) is 7.51. The van der Waals surface area contributed by atoms with E-state index < -0.39 is 25.5 Å². The molecule has 1 spiro atoms. The van der Waals surface area contributed by atoms with E-state index in [0.717, 1.165) is 12.0 Å². The summed E-state index contributed by atoms with van der Waals surface area (Å²) in [6.07, 6.45) is 3.99. The largest absolute Gasteiger partial charge is 0.348 e. The monoisotopic (exact) mass is 489 g/mol. The van der Waals surface area contributed by atoms with Gasteiger partial charge in [-0.15, -0.1) is 11.3 Å². The molecule has 1 aliphatic carbocycles. The lowest BCUT2D eigenvalue weighted by Gasteiger charge is -2.44. The first-order valence-electron chi connectivity index (χ1n) is 10.5. The van der Waals surface area contributed by atoms with E-state index in [9.17, 15) is 21.6 Å². The number of rotatable bonds is 4. The molecule has 31 heavy (non-hydrogen) atoms. The van der Waals surface area contributed by atoms with Crippen molar-refractivity contribution in [1.29, 1.82) is 0 Å². The van der Waals surface area contributed by atoms with E-state index in [1.54, 1.807) is 28.7 Å². The number of aryl methyl sites for hydroxylation is 1. The summed E-state index contributed by atoms with van der Waals surface area (Å²) in [5.41, 5.74) is -0.152. The molecule has 2 aliphatic heterocycles. The average molecular weight is 490 g/mol. The molecule has 4 rings (SSSR count). The summed E-state index contributed by atoms with van der Waals surface area (Å²) in [6.45, 7) is 3.19. The lowest BCUT2D eigenvalue weighted by atomic mass is 9.66. The Kier molecular flexibility index (Phi) is 5.61. The highest BCUT2D eigenvalue weighted by atomic mass is 32.2. The molecule has 0 bridgehead atoms. The Balaban J connectivity index is 1.61. The zero-order valence-electron chi connectivity index (χ0n) is 18.5. The van der Waals surface area contributed by atoms with Gasteiger partial charge in [0.05, 0.1) is 11.7 Å². The van der Waals surface area contributed by atoms with Crippen molar-refractivity contribution >= 4 is 37.3 Å². The van der Waals surface area contributed by atoms with Gasteiger partial charge in [0, 0.05) is 40.3 Å². The average Bonchev–Trinajstić information content (AvgIpc) is 3.36. The van der Waals surface area contributed by atoms with Crippen molar-refractivity contribution in [2.75, 3.05) is 46.5 Å². The third kappa shape index (κ3) is 3.56. The molecular formula is C20H31N3O5S3. The summed E-state index contributed by atoms with van der Waals surface area (Å²) in [5, 5.41) is 1.80. The molecule has 8 nitrogen and oxygen atoms in total. The van der Waals surface area contributed by atoms with E-state index in [-0.39, 0.29) is 23.8 Å². The molecule has 3 fully saturated rings. The predicted molar refractivity (Wildman–Crippen MR) is 120 cm³/mol. The van der Waals surface area contributed by atoms with Crippen LogP contribution in [0.3, 0.4) is 0 Å². The molecule has 2 atom stereocenters. The minimum atomic E-state index is -3.53. The van der Waals surface area contributed by atoms with Gasteiger partial charge in [0.25, 0.3) is 10.0 Å². The first-order valence-corrected chi connectivity index (χ1v) is 14.7. The minimum Gasteiger partial charge on any atom is -0.348 e. The fourth-order valence-electron chi connectivity index (χ4n) is 6.08. The minimum absolute atomic E-state index is 0.00946. The SMILES string of the molecule is Cc1ccsc1S(=O)(=O)N1CCC2(CC1)CC[C@@]1(C(=O)N(C)C)CN(S(C)(=O)=O)C[C@@H]21. The maximum Gasteiger partial charge on any atom is 0.252 e. The molecule has 0 unspecified atom stereocenters. The molecular weight excluding hydrogens is 458 g/mol. The van der Waals surface area contributed by atoms with Crippen LogP contribution in [0.4, 0.5) is 0 Å². The molecule has 2 saturated heterocycles. The smallest absolute Gasteiger partial charge is 0.252 e. The van der Waals surface area contributed by atoms with Crippen molar-refractivity contribution in [1.82, 2.24) is 13.5 Å². The summed E-state index contributed by atoms with van der Waals surface area (Å²) in [6, 6.07) is 1.82. The maximum absolute atomic E-state index is 13.3. The van der Waals surface area contributed by atoms with Gasteiger partial charge in [-0.05, 0) is 60.9 Å². The molecule has 11 heteroatoms. The summed E-state index contributed by atoms with van der Waals surface area (Å²) in [4.78, 5) is 14.8. The van der Waals surface area contributed by atoms with Crippen LogP contribution < -0.4 is 0 Å². The summed E-state index contributed by atoms with van der Waals surface area (Å²) in [7, 11) is -3.49. The molecule has 0 N–H and O–H groups in total. The van der Waals surface area contributed by atoms with E-state index in [1.807, 2.05) is 13.0 Å². The first kappa shape index (κ1) is 23.2. The van der Waals surface area contributed by atoms with Crippen LogP contribution in [0.2, 0.25) is 0 Å². The summed E-state index contributed by atoms with van der Waals surface area (Å²) in [5.74, 6) is -0.0947. The standard InChI is InChI=1S/C20H31N3O5S3/c1-15-5-12-29-17(15)31(27,28)22-10-8-19(9-11-22)6-7-20(18(24)21(2)3)14-23(13-16(19)20)30(4,25)26/h5,12,16H,6-11,13-14H2,1-4H3/t16-,20+/m0/s1. The van der Waals surface area contributed by atoms with Gasteiger partial charge in [-0.25, -0.2) is 21.1 Å². The van der Waals surface area contributed by atoms with Crippen molar-refractivity contribution in [2.24, 2.45) is 16.7 Å². The normalized spacial score (nSPS) is 29.4. The number of thiophene rings is 1. The molecule has 1 amide bonds. The molecule has 3 heterocycles. The molecule has 1 saturated carbocycles. The fourth-order valence-corrected chi connectivity index (χ4v) is 9.96. The number of nitrogens with zero attached hydrogens (tertiary/aromatic N) is 3. The zero-order valence-corrected chi connectivity index (χ0v) is 20.9. The lowest BCUT2D eigenvalue weighted by Crippen LogP contribution is -2.49. The first-order chi connectivity index (χ1) is 14.3. The number of fused-ring (bicyclic) bond motifs is 2. The van der Waals surface area contributed by atoms with E-state index >= 15 is 0 Å². The van der Waals surface area contributed by atoms with Gasteiger partial charge in [0.15, 0.2) is 0 Å². The number of hydrogen-bond acceptors (Lipinski definition) is 6. The third-order valence-electron chi connectivity index (χ3n) is 7.73. The van der Waals surface area contributed by atoms with Crippen molar-refractivity contribution in [3.63, 3.8) is 0 Å². The Morgan fingerprint density at radius 2 is 1.74 bits per heavy atom. The van der Waals surface area contributed by atoms with Gasteiger partial charge in [0.1, 0.15) is 4.21 Å². The van der Waals surface area contributed by atoms with Crippen molar-refractivity contribution < 1.29 is 21.6 Å². The predicted octanol–water partition coefficient (Wildman–Crippen LogP) is 1.59. The Hall–Kier alpha value is -1.01. The van der Waals surface area contributed by atoms with Crippen LogP contribution in [-0.4, -0.2) is 82.8 Å². The van der Waals surface area contributed by atoms with Gasteiger partial charge < -0.3 is 4.90 Å². The van der Waals surface area contributed by atoms with Crippen LogP contribution >= 0.6 is 11.3 Å². The molecule has 0 aromatic carbocycles. The van der Waals surface area contributed by atoms with Crippen LogP contribution in [0.1, 0.15) is 31.2 Å². The number of hydrogen-bond donors (Lipinski definition) is 0. The van der Waals surface area contributed by atoms with E-state index in [0.29, 0.717) is 43.1 Å². The molecule has 3 aliphatic rings. The van der Waals surface area contributed by atoms with Crippen molar-refractivity contribution in [3.05, 3.63) is 17.0 Å². The third-order valence-corrected chi connectivity index (χ3v) is 12.5. The Labute approximate surface area is 189 Å². The molecule has 174 valence electrons. The second-order valence-electron chi connectivity index (χ2n) is 9.62. The summed E-state index contributed by atoms with van der Waals surface area (Å²) < 4.78 is 54.3. The highest BCUT2D eigenvalue weighted by Gasteiger charge is 2.65. The number of carbonyl (C=O) groups is 1. The molecule has 1 aromatic rings. The summed E-state index contributed by atoms with van der Waals surface area (Å²) >= 11 is 1.25. The highest BCUT2D eigenvalue weighted by Crippen LogP contribution is 2.63. The Morgan fingerprint density at radius 1 is 1.10 bits per heavy atom. The Morgan fingerprint density at radius 3 is 2.26 bits per heavy atom.